The van der Waals surface area contributed by atoms with Crippen LogP contribution in [0.25, 0.3) is 0 Å². The number of benzene rings is 2. The molecule has 0 amide bonds. The Bertz CT molecular complexity index is 570. The maximum absolute atomic E-state index is 13.0. The molecular weight excluding hydrogens is 263 g/mol. The van der Waals surface area contributed by atoms with E-state index < -0.39 is 11.5 Å². The van der Waals surface area contributed by atoms with Crippen LogP contribution in [-0.2, 0) is 18.3 Å². The summed E-state index contributed by atoms with van der Waals surface area (Å²) < 4.78 is 13.0. The first-order chi connectivity index (χ1) is 9.93. The molecule has 2 rings (SSSR count). The average molecular weight is 286 g/mol. The van der Waals surface area contributed by atoms with Crippen LogP contribution in [-0.4, -0.2) is 11.2 Å². The molecule has 1 nitrogen and oxygen atoms in total. The molecule has 0 heterocycles. The minimum atomic E-state index is -0.518. The minimum absolute atomic E-state index is 0.251. The van der Waals surface area contributed by atoms with Crippen molar-refractivity contribution in [2.24, 2.45) is 0 Å². The van der Waals surface area contributed by atoms with E-state index in [1.165, 1.54) is 17.7 Å². The molecule has 0 radical (unpaired) electrons. The fourth-order valence-electron chi connectivity index (χ4n) is 2.46. The highest BCUT2D eigenvalue weighted by Crippen LogP contribution is 2.29. The molecule has 2 aromatic carbocycles. The molecule has 0 aliphatic rings. The molecular formula is C19H23FO. The zero-order chi connectivity index (χ0) is 15.5. The summed E-state index contributed by atoms with van der Waals surface area (Å²) in [5, 5.41) is 10.6. The number of halogens is 1. The lowest BCUT2D eigenvalue weighted by molar-refractivity contribution is 0.0999. The van der Waals surface area contributed by atoms with Crippen molar-refractivity contribution in [3.63, 3.8) is 0 Å². The smallest absolute Gasteiger partial charge is 0.123 e. The predicted molar refractivity (Wildman–Crippen MR) is 85.0 cm³/mol. The molecule has 2 heteroatoms. The number of aliphatic hydroxyl groups excluding tert-OH is 1. The minimum Gasteiger partial charge on any atom is -0.392 e. The first kappa shape index (κ1) is 15.7. The summed E-state index contributed by atoms with van der Waals surface area (Å²) in [5.41, 5.74) is 2.94. The monoisotopic (exact) mass is 286 g/mol. The summed E-state index contributed by atoms with van der Waals surface area (Å²) in [4.78, 5) is 0. The first-order valence-corrected chi connectivity index (χ1v) is 7.45. The molecule has 21 heavy (non-hydrogen) atoms. The molecule has 0 aliphatic carbocycles. The fourth-order valence-corrected chi connectivity index (χ4v) is 2.46. The second-order valence-electron chi connectivity index (χ2n) is 6.12. The first-order valence-electron chi connectivity index (χ1n) is 7.45. The lowest BCUT2D eigenvalue weighted by Gasteiger charge is -2.31. The highest BCUT2D eigenvalue weighted by molar-refractivity contribution is 5.28. The van der Waals surface area contributed by atoms with Gasteiger partial charge in [-0.2, -0.15) is 0 Å². The molecule has 0 spiro atoms. The van der Waals surface area contributed by atoms with Gasteiger partial charge in [-0.1, -0.05) is 57.2 Å². The second kappa shape index (κ2) is 6.40. The van der Waals surface area contributed by atoms with Gasteiger partial charge in [0, 0.05) is 5.41 Å². The van der Waals surface area contributed by atoms with Crippen molar-refractivity contribution in [2.45, 2.75) is 45.1 Å². The highest BCUT2D eigenvalue weighted by Gasteiger charge is 2.29. The summed E-state index contributed by atoms with van der Waals surface area (Å²) >= 11 is 0. The van der Waals surface area contributed by atoms with Gasteiger partial charge in [-0.05, 0) is 41.7 Å². The molecule has 0 bridgehead atoms. The highest BCUT2D eigenvalue weighted by atomic mass is 19.1. The van der Waals surface area contributed by atoms with Crippen molar-refractivity contribution in [3.8, 4) is 0 Å². The van der Waals surface area contributed by atoms with Gasteiger partial charge >= 0.3 is 0 Å². The van der Waals surface area contributed by atoms with Crippen molar-refractivity contribution < 1.29 is 9.50 Å². The van der Waals surface area contributed by atoms with Crippen LogP contribution in [0.5, 0.6) is 0 Å². The molecule has 0 saturated heterocycles. The SMILES string of the molecule is CCc1ccc(CC(O)C(C)(C)c2ccc(F)cc2)cc1. The van der Waals surface area contributed by atoms with Crippen LogP contribution in [0.15, 0.2) is 48.5 Å². The van der Waals surface area contributed by atoms with E-state index in [9.17, 15) is 9.50 Å². The van der Waals surface area contributed by atoms with Crippen LogP contribution >= 0.6 is 0 Å². The molecule has 0 saturated carbocycles. The largest absolute Gasteiger partial charge is 0.392 e. The van der Waals surface area contributed by atoms with Crippen LogP contribution in [0, 0.1) is 5.82 Å². The zero-order valence-corrected chi connectivity index (χ0v) is 12.9. The fraction of sp³-hybridized carbons (Fsp3) is 0.368. The van der Waals surface area contributed by atoms with Gasteiger partial charge in [0.2, 0.25) is 0 Å². The maximum atomic E-state index is 13.0. The third kappa shape index (κ3) is 3.70. The van der Waals surface area contributed by atoms with E-state index in [2.05, 4.69) is 31.2 Å². The van der Waals surface area contributed by atoms with Crippen molar-refractivity contribution >= 4 is 0 Å². The Morgan fingerprint density at radius 3 is 2.00 bits per heavy atom. The number of hydrogen-bond donors (Lipinski definition) is 1. The van der Waals surface area contributed by atoms with Gasteiger partial charge in [0.05, 0.1) is 6.10 Å². The normalized spacial score (nSPS) is 13.2. The molecule has 2 aromatic rings. The third-order valence-corrected chi connectivity index (χ3v) is 4.28. The van der Waals surface area contributed by atoms with Gasteiger partial charge in [0.1, 0.15) is 5.82 Å². The van der Waals surface area contributed by atoms with E-state index in [1.54, 1.807) is 12.1 Å². The molecule has 0 aromatic heterocycles. The van der Waals surface area contributed by atoms with Crippen LogP contribution in [0.2, 0.25) is 0 Å². The van der Waals surface area contributed by atoms with Gasteiger partial charge in [-0.3, -0.25) is 0 Å². The van der Waals surface area contributed by atoms with Crippen molar-refractivity contribution in [1.29, 1.82) is 0 Å². The predicted octanol–water partition coefficient (Wildman–Crippen LogP) is 4.27. The Labute approximate surface area is 126 Å². The molecule has 112 valence electrons. The van der Waals surface area contributed by atoms with Crippen LogP contribution in [0.1, 0.15) is 37.5 Å². The van der Waals surface area contributed by atoms with E-state index in [0.717, 1.165) is 17.5 Å². The molecule has 1 atom stereocenters. The van der Waals surface area contributed by atoms with E-state index >= 15 is 0 Å². The standard InChI is InChI=1S/C19H23FO/c1-4-14-5-7-15(8-6-14)13-18(21)19(2,3)16-9-11-17(20)12-10-16/h5-12,18,21H,4,13H2,1-3H3. The number of aryl methyl sites for hydroxylation is 1. The summed E-state index contributed by atoms with van der Waals surface area (Å²) in [5.74, 6) is -0.251. The number of aliphatic hydroxyl groups is 1. The molecule has 1 unspecified atom stereocenters. The average Bonchev–Trinajstić information content (AvgIpc) is 2.48. The maximum Gasteiger partial charge on any atom is 0.123 e. The lowest BCUT2D eigenvalue weighted by atomic mass is 9.77. The van der Waals surface area contributed by atoms with Gasteiger partial charge in [0.25, 0.3) is 0 Å². The topological polar surface area (TPSA) is 20.2 Å². The summed E-state index contributed by atoms with van der Waals surface area (Å²) in [6.07, 6.45) is 1.09. The Kier molecular flexibility index (Phi) is 4.79. The second-order valence-corrected chi connectivity index (χ2v) is 6.12. The quantitative estimate of drug-likeness (QED) is 0.870. The van der Waals surface area contributed by atoms with Gasteiger partial charge in [0.15, 0.2) is 0 Å². The van der Waals surface area contributed by atoms with Gasteiger partial charge < -0.3 is 5.11 Å². The number of hydrogen-bond acceptors (Lipinski definition) is 1. The molecule has 0 aliphatic heterocycles. The van der Waals surface area contributed by atoms with Crippen molar-refractivity contribution in [3.05, 3.63) is 71.0 Å². The summed E-state index contributed by atoms with van der Waals surface area (Å²) in [6, 6.07) is 14.7. The Morgan fingerprint density at radius 1 is 0.952 bits per heavy atom. The van der Waals surface area contributed by atoms with Gasteiger partial charge in [-0.15, -0.1) is 0 Å². The third-order valence-electron chi connectivity index (χ3n) is 4.28. The van der Waals surface area contributed by atoms with E-state index in [-0.39, 0.29) is 5.82 Å². The van der Waals surface area contributed by atoms with Crippen LogP contribution in [0.4, 0.5) is 4.39 Å². The van der Waals surface area contributed by atoms with Crippen LogP contribution < -0.4 is 0 Å². The van der Waals surface area contributed by atoms with E-state index in [1.807, 2.05) is 13.8 Å². The van der Waals surface area contributed by atoms with Crippen LogP contribution in [0.3, 0.4) is 0 Å². The lowest BCUT2D eigenvalue weighted by Crippen LogP contribution is -2.35. The van der Waals surface area contributed by atoms with Gasteiger partial charge in [-0.25, -0.2) is 4.39 Å². The Hall–Kier alpha value is -1.67. The Morgan fingerprint density at radius 2 is 1.48 bits per heavy atom. The summed E-state index contributed by atoms with van der Waals surface area (Å²) in [7, 11) is 0. The Balaban J connectivity index is 2.13. The number of rotatable bonds is 5. The molecule has 1 N–H and O–H groups in total. The van der Waals surface area contributed by atoms with E-state index in [0.29, 0.717) is 6.42 Å². The zero-order valence-electron chi connectivity index (χ0n) is 12.9. The van der Waals surface area contributed by atoms with Crippen molar-refractivity contribution in [2.75, 3.05) is 0 Å². The van der Waals surface area contributed by atoms with E-state index in [4.69, 9.17) is 0 Å². The summed E-state index contributed by atoms with van der Waals surface area (Å²) in [6.45, 7) is 6.11. The molecule has 0 fully saturated rings. The van der Waals surface area contributed by atoms with Crippen molar-refractivity contribution in [1.82, 2.24) is 0 Å².